The first-order valence-electron chi connectivity index (χ1n) is 9.25. The smallest absolute Gasteiger partial charge is 0.273 e. The summed E-state index contributed by atoms with van der Waals surface area (Å²) in [5, 5.41) is 5.34. The summed E-state index contributed by atoms with van der Waals surface area (Å²) >= 11 is 1.35. The van der Waals surface area contributed by atoms with Crippen LogP contribution >= 0.6 is 11.3 Å². The number of ketones is 1. The summed E-state index contributed by atoms with van der Waals surface area (Å²) in [6.45, 7) is 4.27. The van der Waals surface area contributed by atoms with E-state index in [9.17, 15) is 9.59 Å². The fourth-order valence-electron chi connectivity index (χ4n) is 3.13. The van der Waals surface area contributed by atoms with Gasteiger partial charge in [-0.3, -0.25) is 9.59 Å². The van der Waals surface area contributed by atoms with E-state index >= 15 is 0 Å². The zero-order chi connectivity index (χ0) is 20.2. The molecule has 1 saturated heterocycles. The third kappa shape index (κ3) is 4.40. The molecular formula is C20H20N6O2S. The number of Topliss-reactive ketones (excluding diaryl/α,β-unsaturated/α-hetero) is 1. The molecule has 4 rings (SSSR count). The topological polar surface area (TPSA) is 91.3 Å². The van der Waals surface area contributed by atoms with Crippen molar-refractivity contribution in [1.29, 1.82) is 0 Å². The normalized spacial score (nSPS) is 14.0. The molecule has 0 bridgehead atoms. The first-order chi connectivity index (χ1) is 14.1. The van der Waals surface area contributed by atoms with Crippen LogP contribution in [0, 0.1) is 0 Å². The Bertz CT molecular complexity index is 997. The minimum Gasteiger partial charge on any atom is -0.368 e. The number of amides is 1. The van der Waals surface area contributed by atoms with Gasteiger partial charge in [-0.15, -0.1) is 11.3 Å². The molecule has 0 spiro atoms. The van der Waals surface area contributed by atoms with Gasteiger partial charge in [0.2, 0.25) is 5.95 Å². The number of hydrogen-bond donors (Lipinski definition) is 1. The number of aromatic nitrogens is 3. The van der Waals surface area contributed by atoms with Crippen LogP contribution in [0.5, 0.6) is 0 Å². The molecule has 1 aliphatic heterocycles. The highest BCUT2D eigenvalue weighted by Crippen LogP contribution is 2.21. The summed E-state index contributed by atoms with van der Waals surface area (Å²) < 4.78 is 0. The van der Waals surface area contributed by atoms with Crippen LogP contribution in [0.15, 0.2) is 48.1 Å². The van der Waals surface area contributed by atoms with Gasteiger partial charge in [0, 0.05) is 55.2 Å². The molecule has 148 valence electrons. The molecule has 0 unspecified atom stereocenters. The maximum Gasteiger partial charge on any atom is 0.273 e. The number of carbonyl (C=O) groups is 2. The lowest BCUT2D eigenvalue weighted by molar-refractivity contribution is 0.0741. The van der Waals surface area contributed by atoms with E-state index < -0.39 is 0 Å². The van der Waals surface area contributed by atoms with Crippen LogP contribution in [0.2, 0.25) is 0 Å². The molecule has 29 heavy (non-hydrogen) atoms. The molecule has 3 aromatic rings. The van der Waals surface area contributed by atoms with Crippen LogP contribution in [0.25, 0.3) is 0 Å². The molecule has 1 amide bonds. The number of nitrogens with zero attached hydrogens (tertiary/aromatic N) is 5. The molecule has 8 nitrogen and oxygen atoms in total. The van der Waals surface area contributed by atoms with Gasteiger partial charge in [-0.25, -0.2) is 15.0 Å². The van der Waals surface area contributed by atoms with Gasteiger partial charge in [0.05, 0.1) is 0 Å². The lowest BCUT2D eigenvalue weighted by Crippen LogP contribution is -2.48. The molecule has 0 radical (unpaired) electrons. The van der Waals surface area contributed by atoms with Crippen LogP contribution in [0.1, 0.15) is 27.8 Å². The van der Waals surface area contributed by atoms with Gasteiger partial charge in [0.25, 0.3) is 5.91 Å². The van der Waals surface area contributed by atoms with Gasteiger partial charge in [0.15, 0.2) is 10.9 Å². The molecule has 1 aliphatic rings. The first-order valence-corrected chi connectivity index (χ1v) is 10.1. The van der Waals surface area contributed by atoms with Crippen molar-refractivity contribution in [2.24, 2.45) is 0 Å². The van der Waals surface area contributed by atoms with E-state index in [1.807, 2.05) is 29.2 Å². The maximum atomic E-state index is 12.8. The Kier molecular flexibility index (Phi) is 5.48. The highest BCUT2D eigenvalue weighted by molar-refractivity contribution is 7.14. The lowest BCUT2D eigenvalue weighted by Gasteiger charge is -2.35. The maximum absolute atomic E-state index is 12.8. The van der Waals surface area contributed by atoms with Gasteiger partial charge in [-0.2, -0.15) is 0 Å². The number of piperazine rings is 1. The molecule has 1 aromatic carbocycles. The quantitative estimate of drug-likeness (QED) is 0.649. The first kappa shape index (κ1) is 19.0. The average molecular weight is 408 g/mol. The van der Waals surface area contributed by atoms with Crippen molar-refractivity contribution in [2.45, 2.75) is 6.92 Å². The van der Waals surface area contributed by atoms with E-state index in [4.69, 9.17) is 0 Å². The van der Waals surface area contributed by atoms with E-state index in [-0.39, 0.29) is 11.7 Å². The van der Waals surface area contributed by atoms with Crippen LogP contribution in [-0.2, 0) is 0 Å². The molecule has 1 fully saturated rings. The Balaban J connectivity index is 1.35. The minimum absolute atomic E-state index is 0.0583. The van der Waals surface area contributed by atoms with E-state index in [1.54, 1.807) is 30.8 Å². The average Bonchev–Trinajstić information content (AvgIpc) is 3.22. The molecule has 1 N–H and O–H groups in total. The fraction of sp³-hybridized carbons (Fsp3) is 0.250. The summed E-state index contributed by atoms with van der Waals surface area (Å²) in [6, 6.07) is 9.33. The Morgan fingerprint density at radius 2 is 1.72 bits per heavy atom. The zero-order valence-corrected chi connectivity index (χ0v) is 16.7. The molecule has 3 heterocycles. The molecular weight excluding hydrogens is 388 g/mol. The summed E-state index contributed by atoms with van der Waals surface area (Å²) in [5.41, 5.74) is 2.19. The number of rotatable bonds is 5. The van der Waals surface area contributed by atoms with Gasteiger partial charge < -0.3 is 15.1 Å². The van der Waals surface area contributed by atoms with Crippen LogP contribution in [0.4, 0.5) is 16.8 Å². The Morgan fingerprint density at radius 3 is 2.38 bits per heavy atom. The predicted molar refractivity (Wildman–Crippen MR) is 112 cm³/mol. The van der Waals surface area contributed by atoms with Crippen LogP contribution < -0.4 is 10.2 Å². The third-order valence-electron chi connectivity index (χ3n) is 4.71. The van der Waals surface area contributed by atoms with Gasteiger partial charge in [-0.1, -0.05) is 0 Å². The van der Waals surface area contributed by atoms with E-state index in [0.29, 0.717) is 35.4 Å². The molecule has 2 aromatic heterocycles. The standard InChI is InChI=1S/C20H20N6O2S/c1-14(27)15-3-5-16(6-4-15)25-9-11-26(12-10-25)18(28)17-13-29-20(23-17)24-19-21-7-2-8-22-19/h2-8,13H,9-12H2,1H3,(H,21,22,23,24). The molecule has 0 aliphatic carbocycles. The van der Waals surface area contributed by atoms with Crippen LogP contribution in [0.3, 0.4) is 0 Å². The second kappa shape index (κ2) is 8.36. The highest BCUT2D eigenvalue weighted by Gasteiger charge is 2.24. The summed E-state index contributed by atoms with van der Waals surface area (Å²) in [6.07, 6.45) is 3.28. The second-order valence-electron chi connectivity index (χ2n) is 6.62. The predicted octanol–water partition coefficient (Wildman–Crippen LogP) is 2.84. The molecule has 0 saturated carbocycles. The highest BCUT2D eigenvalue weighted by atomic mass is 32.1. The van der Waals surface area contributed by atoms with Crippen molar-refractivity contribution in [3.63, 3.8) is 0 Å². The second-order valence-corrected chi connectivity index (χ2v) is 7.48. The number of hydrogen-bond acceptors (Lipinski definition) is 8. The van der Waals surface area contributed by atoms with Gasteiger partial charge in [-0.05, 0) is 37.3 Å². The van der Waals surface area contributed by atoms with Crippen molar-refractivity contribution in [1.82, 2.24) is 19.9 Å². The lowest BCUT2D eigenvalue weighted by atomic mass is 10.1. The SMILES string of the molecule is CC(=O)c1ccc(N2CCN(C(=O)c3csc(Nc4ncccn4)n3)CC2)cc1. The summed E-state index contributed by atoms with van der Waals surface area (Å²) in [4.78, 5) is 40.8. The largest absolute Gasteiger partial charge is 0.368 e. The Labute approximate surface area is 172 Å². The third-order valence-corrected chi connectivity index (χ3v) is 5.47. The number of benzene rings is 1. The van der Waals surface area contributed by atoms with Crippen molar-refractivity contribution in [3.05, 3.63) is 59.4 Å². The van der Waals surface area contributed by atoms with Crippen molar-refractivity contribution in [3.8, 4) is 0 Å². The molecule has 9 heteroatoms. The number of nitrogens with one attached hydrogen (secondary N) is 1. The number of carbonyl (C=O) groups excluding carboxylic acids is 2. The Morgan fingerprint density at radius 1 is 1.03 bits per heavy atom. The van der Waals surface area contributed by atoms with Gasteiger partial charge >= 0.3 is 0 Å². The van der Waals surface area contributed by atoms with Gasteiger partial charge in [0.1, 0.15) is 5.69 Å². The number of thiazole rings is 1. The van der Waals surface area contributed by atoms with Crippen molar-refractivity contribution < 1.29 is 9.59 Å². The summed E-state index contributed by atoms with van der Waals surface area (Å²) in [5.74, 6) is 0.433. The van der Waals surface area contributed by atoms with Crippen molar-refractivity contribution >= 4 is 39.8 Å². The summed E-state index contributed by atoms with van der Waals surface area (Å²) in [7, 11) is 0. The van der Waals surface area contributed by atoms with E-state index in [1.165, 1.54) is 11.3 Å². The fourth-order valence-corrected chi connectivity index (χ4v) is 3.80. The van der Waals surface area contributed by atoms with E-state index in [2.05, 4.69) is 25.2 Å². The van der Waals surface area contributed by atoms with E-state index in [0.717, 1.165) is 18.8 Å². The monoisotopic (exact) mass is 408 g/mol. The van der Waals surface area contributed by atoms with Crippen LogP contribution in [-0.4, -0.2) is 57.7 Å². The van der Waals surface area contributed by atoms with Crippen molar-refractivity contribution in [2.75, 3.05) is 36.4 Å². The number of anilines is 3. The minimum atomic E-state index is -0.0742. The zero-order valence-electron chi connectivity index (χ0n) is 15.9. The molecule has 0 atom stereocenters. The Hall–Kier alpha value is -3.33.